The van der Waals surface area contributed by atoms with Gasteiger partial charge in [-0.25, -0.2) is 13.4 Å². The molecule has 1 unspecified atom stereocenters. The first-order valence-electron chi connectivity index (χ1n) is 12.5. The van der Waals surface area contributed by atoms with Crippen LogP contribution >= 0.6 is 22.9 Å². The summed E-state index contributed by atoms with van der Waals surface area (Å²) in [4.78, 5) is 17.7. The molecule has 198 valence electrons. The summed E-state index contributed by atoms with van der Waals surface area (Å²) in [7, 11) is -3.80. The topological polar surface area (TPSA) is 88.6 Å². The van der Waals surface area contributed by atoms with Crippen LogP contribution in [0.3, 0.4) is 0 Å². The summed E-state index contributed by atoms with van der Waals surface area (Å²) >= 11 is 7.85. The predicted molar refractivity (Wildman–Crippen MR) is 153 cm³/mol. The molecule has 1 aliphatic heterocycles. The number of carbonyl (C=O) groups excluding carboxylic acids is 1. The Morgan fingerprint density at radius 1 is 1.16 bits per heavy atom. The van der Waals surface area contributed by atoms with Crippen LogP contribution < -0.4 is 10.1 Å². The Hall–Kier alpha value is -2.98. The molecule has 2 heterocycles. The summed E-state index contributed by atoms with van der Waals surface area (Å²) in [5.74, 6) is 0.681. The molecule has 10 heteroatoms. The molecule has 0 bridgehead atoms. The van der Waals surface area contributed by atoms with Gasteiger partial charge in [0.05, 0.1) is 21.8 Å². The lowest BCUT2D eigenvalue weighted by molar-refractivity contribution is 0.102. The molecule has 3 aromatic carbocycles. The quantitative estimate of drug-likeness (QED) is 0.268. The van der Waals surface area contributed by atoms with Gasteiger partial charge in [-0.05, 0) is 86.3 Å². The van der Waals surface area contributed by atoms with Crippen molar-refractivity contribution < 1.29 is 17.9 Å². The molecule has 7 nitrogen and oxygen atoms in total. The van der Waals surface area contributed by atoms with Gasteiger partial charge < -0.3 is 10.1 Å². The third-order valence-electron chi connectivity index (χ3n) is 6.49. The average molecular weight is 570 g/mol. The van der Waals surface area contributed by atoms with Crippen LogP contribution in [0.4, 0.5) is 5.69 Å². The third-order valence-corrected chi connectivity index (χ3v) is 9.91. The van der Waals surface area contributed by atoms with Crippen molar-refractivity contribution in [3.05, 3.63) is 71.2 Å². The van der Waals surface area contributed by atoms with E-state index in [1.165, 1.54) is 22.5 Å². The maximum atomic E-state index is 13.3. The van der Waals surface area contributed by atoms with Gasteiger partial charge in [-0.1, -0.05) is 18.5 Å². The highest BCUT2D eigenvalue weighted by Crippen LogP contribution is 2.33. The van der Waals surface area contributed by atoms with Crippen molar-refractivity contribution in [2.45, 2.75) is 31.6 Å². The number of halogens is 1. The maximum Gasteiger partial charge on any atom is 0.255 e. The molecule has 1 aliphatic rings. The van der Waals surface area contributed by atoms with E-state index >= 15 is 0 Å². The normalized spacial score (nSPS) is 16.4. The van der Waals surface area contributed by atoms with Crippen molar-refractivity contribution in [1.29, 1.82) is 0 Å². The number of sulfonamides is 1. The van der Waals surface area contributed by atoms with Crippen molar-refractivity contribution in [2.24, 2.45) is 5.92 Å². The Balaban J connectivity index is 1.32. The SMILES string of the molecule is CCOc1ccc2nc(-c3ccc(NC(=O)c4ccc(Cl)c(S(=O)(=O)N5CCCC(C)C5)c4)cc3)sc2c1. The summed E-state index contributed by atoms with van der Waals surface area (Å²) in [6.45, 7) is 5.49. The minimum atomic E-state index is -3.80. The number of nitrogens with zero attached hydrogens (tertiary/aromatic N) is 2. The van der Waals surface area contributed by atoms with Crippen molar-refractivity contribution in [2.75, 3.05) is 25.0 Å². The van der Waals surface area contributed by atoms with Crippen LogP contribution in [-0.4, -0.2) is 43.3 Å². The lowest BCUT2D eigenvalue weighted by Crippen LogP contribution is -2.39. The largest absolute Gasteiger partial charge is 0.494 e. The van der Waals surface area contributed by atoms with E-state index in [4.69, 9.17) is 21.3 Å². The van der Waals surface area contributed by atoms with Crippen LogP contribution in [0.2, 0.25) is 5.02 Å². The van der Waals surface area contributed by atoms with E-state index < -0.39 is 15.9 Å². The zero-order valence-electron chi connectivity index (χ0n) is 21.1. The van der Waals surface area contributed by atoms with Crippen LogP contribution in [0, 0.1) is 5.92 Å². The third kappa shape index (κ3) is 5.56. The Kier molecular flexibility index (Phi) is 7.72. The number of piperidine rings is 1. The highest BCUT2D eigenvalue weighted by molar-refractivity contribution is 7.89. The summed E-state index contributed by atoms with van der Waals surface area (Å²) in [6, 6.07) is 17.6. The van der Waals surface area contributed by atoms with E-state index in [9.17, 15) is 13.2 Å². The zero-order valence-corrected chi connectivity index (χ0v) is 23.5. The van der Waals surface area contributed by atoms with E-state index in [0.29, 0.717) is 25.4 Å². The van der Waals surface area contributed by atoms with E-state index in [1.807, 2.05) is 44.2 Å². The Labute approximate surface area is 231 Å². The smallest absolute Gasteiger partial charge is 0.255 e. The standard InChI is InChI=1S/C28H28ClN3O4S2/c1-3-36-22-11-13-24-25(16-22)37-28(31-24)19-6-9-21(10-7-19)30-27(33)20-8-12-23(29)26(15-20)38(34,35)32-14-4-5-18(2)17-32/h6-13,15-16,18H,3-5,14,17H2,1-2H3,(H,30,33). The number of nitrogens with one attached hydrogen (secondary N) is 1. The highest BCUT2D eigenvalue weighted by Gasteiger charge is 2.31. The number of fused-ring (bicyclic) bond motifs is 1. The molecule has 0 radical (unpaired) electrons. The van der Waals surface area contributed by atoms with Gasteiger partial charge in [-0.15, -0.1) is 11.3 Å². The molecule has 0 spiro atoms. The fraction of sp³-hybridized carbons (Fsp3) is 0.286. The van der Waals surface area contributed by atoms with E-state index in [2.05, 4.69) is 5.32 Å². The van der Waals surface area contributed by atoms with Crippen molar-refractivity contribution in [3.63, 3.8) is 0 Å². The lowest BCUT2D eigenvalue weighted by atomic mass is 10.0. The van der Waals surface area contributed by atoms with Gasteiger partial charge in [0.25, 0.3) is 5.91 Å². The van der Waals surface area contributed by atoms with Crippen LogP contribution in [-0.2, 0) is 10.0 Å². The molecule has 1 fully saturated rings. The van der Waals surface area contributed by atoms with Crippen molar-refractivity contribution in [1.82, 2.24) is 9.29 Å². The van der Waals surface area contributed by atoms with Gasteiger partial charge >= 0.3 is 0 Å². The summed E-state index contributed by atoms with van der Waals surface area (Å²) in [5.41, 5.74) is 2.64. The maximum absolute atomic E-state index is 13.3. The Bertz CT molecular complexity index is 1590. The molecule has 1 N–H and O–H groups in total. The second-order valence-corrected chi connectivity index (χ2v) is 12.7. The molecule has 1 amide bonds. The number of ether oxygens (including phenoxy) is 1. The monoisotopic (exact) mass is 569 g/mol. The van der Waals surface area contributed by atoms with E-state index in [0.717, 1.165) is 39.4 Å². The number of aromatic nitrogens is 1. The van der Waals surface area contributed by atoms with Crippen LogP contribution in [0.1, 0.15) is 37.0 Å². The first-order chi connectivity index (χ1) is 18.2. The van der Waals surface area contributed by atoms with Gasteiger partial charge in [0.2, 0.25) is 10.0 Å². The Morgan fingerprint density at radius 3 is 2.68 bits per heavy atom. The van der Waals surface area contributed by atoms with E-state index in [1.54, 1.807) is 23.5 Å². The highest BCUT2D eigenvalue weighted by atomic mass is 35.5. The molecular formula is C28H28ClN3O4S2. The number of anilines is 1. The lowest BCUT2D eigenvalue weighted by Gasteiger charge is -2.30. The molecule has 1 aromatic heterocycles. The minimum absolute atomic E-state index is 0.0420. The molecule has 1 saturated heterocycles. The Morgan fingerprint density at radius 2 is 1.95 bits per heavy atom. The van der Waals surface area contributed by atoms with Crippen LogP contribution in [0.5, 0.6) is 5.75 Å². The number of hydrogen-bond donors (Lipinski definition) is 1. The summed E-state index contributed by atoms with van der Waals surface area (Å²) in [5, 5.41) is 3.82. The first-order valence-corrected chi connectivity index (χ1v) is 15.1. The summed E-state index contributed by atoms with van der Waals surface area (Å²) < 4.78 is 34.6. The van der Waals surface area contributed by atoms with Gasteiger partial charge in [0.15, 0.2) is 0 Å². The number of hydrogen-bond acceptors (Lipinski definition) is 6. The molecule has 0 aliphatic carbocycles. The second kappa shape index (κ2) is 11.0. The fourth-order valence-electron chi connectivity index (χ4n) is 4.53. The van der Waals surface area contributed by atoms with E-state index in [-0.39, 0.29) is 21.4 Å². The van der Waals surface area contributed by atoms with Crippen LogP contribution in [0.15, 0.2) is 65.6 Å². The van der Waals surface area contributed by atoms with Gasteiger partial charge in [-0.2, -0.15) is 4.31 Å². The first kappa shape index (κ1) is 26.6. The number of carbonyl (C=O) groups is 1. The molecule has 1 atom stereocenters. The minimum Gasteiger partial charge on any atom is -0.494 e. The molecule has 5 rings (SSSR count). The van der Waals surface area contributed by atoms with Gasteiger partial charge in [-0.3, -0.25) is 4.79 Å². The number of thiazole rings is 1. The molecule has 0 saturated carbocycles. The van der Waals surface area contributed by atoms with Gasteiger partial charge in [0.1, 0.15) is 15.7 Å². The molecular weight excluding hydrogens is 542 g/mol. The molecule has 38 heavy (non-hydrogen) atoms. The zero-order chi connectivity index (χ0) is 26.9. The number of amides is 1. The second-order valence-electron chi connectivity index (χ2n) is 9.37. The van der Waals surface area contributed by atoms with Crippen molar-refractivity contribution >= 4 is 54.8 Å². The van der Waals surface area contributed by atoms with Crippen LogP contribution in [0.25, 0.3) is 20.8 Å². The average Bonchev–Trinajstić information content (AvgIpc) is 3.33. The number of benzene rings is 3. The van der Waals surface area contributed by atoms with Crippen molar-refractivity contribution in [3.8, 4) is 16.3 Å². The number of rotatable bonds is 7. The predicted octanol–water partition coefficient (Wildman–Crippen LogP) is 6.69. The summed E-state index contributed by atoms with van der Waals surface area (Å²) in [6.07, 6.45) is 1.80. The van der Waals surface area contributed by atoms with Gasteiger partial charge in [0, 0.05) is 29.9 Å². The fourth-order valence-corrected chi connectivity index (χ4v) is 7.63. The molecule has 4 aromatic rings.